The maximum Gasteiger partial charge on any atom is -0.147 e. The molecular formula is C26H32Cl2Si2Zr. The summed E-state index contributed by atoms with van der Waals surface area (Å²) in [6.45, 7) is 10.5. The van der Waals surface area contributed by atoms with E-state index in [2.05, 4.69) is 110 Å². The van der Waals surface area contributed by atoms with Crippen LogP contribution < -0.4 is 3.27 Å². The normalized spacial score (nSPS) is 16.6. The van der Waals surface area contributed by atoms with Crippen LogP contribution in [0.25, 0.3) is 17.2 Å². The van der Waals surface area contributed by atoms with Crippen LogP contribution in [0, 0.1) is 0 Å². The van der Waals surface area contributed by atoms with Gasteiger partial charge in [0.1, 0.15) is 0 Å². The van der Waals surface area contributed by atoms with Gasteiger partial charge in [0.2, 0.25) is 0 Å². The van der Waals surface area contributed by atoms with Crippen molar-refractivity contribution in [2.45, 2.75) is 34.3 Å². The van der Waals surface area contributed by atoms with E-state index in [9.17, 15) is 0 Å². The fourth-order valence-electron chi connectivity index (χ4n) is 5.78. The molecule has 0 spiro atoms. The summed E-state index contributed by atoms with van der Waals surface area (Å²) in [7, 11) is 0. The Bertz CT molecular complexity index is 1260. The van der Waals surface area contributed by atoms with E-state index in [1.807, 2.05) is 0 Å². The molecule has 0 aliphatic heterocycles. The Morgan fingerprint density at radius 3 is 2.23 bits per heavy atom. The van der Waals surface area contributed by atoms with E-state index in [-0.39, 0.29) is 24.8 Å². The van der Waals surface area contributed by atoms with Crippen molar-refractivity contribution in [3.63, 3.8) is 0 Å². The average Bonchev–Trinajstić information content (AvgIpc) is 3.29. The fourth-order valence-corrected chi connectivity index (χ4v) is 36.3. The molecule has 5 rings (SSSR count). The smallest absolute Gasteiger partial charge is 0.147 e. The van der Waals surface area contributed by atoms with Crippen LogP contribution in [0.3, 0.4) is 0 Å². The molecule has 162 valence electrons. The average molecular weight is 563 g/mol. The number of hydrogen-bond acceptors (Lipinski definition) is 0. The number of benzene rings is 3. The van der Waals surface area contributed by atoms with Gasteiger partial charge in [-0.25, -0.2) is 0 Å². The van der Waals surface area contributed by atoms with Gasteiger partial charge in [-0.1, -0.05) is 0 Å². The van der Waals surface area contributed by atoms with E-state index in [4.69, 9.17) is 0 Å². The van der Waals surface area contributed by atoms with E-state index < -0.39 is 21.8 Å². The molecule has 3 aromatic carbocycles. The Labute approximate surface area is 201 Å². The van der Waals surface area contributed by atoms with E-state index in [1.165, 1.54) is 22.3 Å². The van der Waals surface area contributed by atoms with Gasteiger partial charge < -0.3 is 0 Å². The number of allylic oxidation sites excluding steroid dienone is 1. The summed E-state index contributed by atoms with van der Waals surface area (Å²) >= 11 is -3.45. The molecule has 1 atom stereocenters. The summed E-state index contributed by atoms with van der Waals surface area (Å²) in [5.41, 5.74) is 9.15. The molecule has 0 fully saturated rings. The summed E-state index contributed by atoms with van der Waals surface area (Å²) in [5.74, 6) is 0. The van der Waals surface area contributed by atoms with Crippen molar-refractivity contribution < 1.29 is 16.6 Å². The first-order valence-corrected chi connectivity index (χ1v) is 29.0. The molecule has 0 nitrogen and oxygen atoms in total. The summed E-state index contributed by atoms with van der Waals surface area (Å²) in [4.78, 5) is 0. The molecule has 0 aromatic heterocycles. The molecule has 0 N–H and O–H groups in total. The van der Waals surface area contributed by atoms with Gasteiger partial charge in [-0.05, 0) is 0 Å². The predicted molar refractivity (Wildman–Crippen MR) is 145 cm³/mol. The molecule has 0 bridgehead atoms. The Morgan fingerprint density at radius 2 is 1.48 bits per heavy atom. The van der Waals surface area contributed by atoms with E-state index in [1.54, 1.807) is 14.4 Å². The molecule has 3 aromatic rings. The molecule has 0 radical (unpaired) electrons. The quantitative estimate of drug-likeness (QED) is 0.246. The van der Waals surface area contributed by atoms with Crippen molar-refractivity contribution in [3.05, 3.63) is 95.1 Å². The molecular weight excluding hydrogens is 531 g/mol. The standard InChI is InChI=1S/C13H9.C9H7.C3H9Si.CH3.2ClH.H2Si.Zr/c1-3-7-12-10(5-1)9-11-6-2-4-8-13(11)12;1-2-5-9-7-3-6-8(9)4-1;1-4(2)3;;;;;/h1-5,7-8H,9H2;1-7H;1-3H3;1H3;2*1H;1H2;. The molecule has 2 aliphatic carbocycles. The number of fused-ring (bicyclic) bond motifs is 4. The van der Waals surface area contributed by atoms with Crippen LogP contribution in [0.1, 0.15) is 25.9 Å². The molecule has 2 aliphatic rings. The zero-order chi connectivity index (χ0) is 20.5. The van der Waals surface area contributed by atoms with Crippen molar-refractivity contribution in [2.24, 2.45) is 0 Å². The third kappa shape index (κ3) is 3.39. The van der Waals surface area contributed by atoms with Gasteiger partial charge in [-0.15, -0.1) is 24.8 Å². The first-order chi connectivity index (χ1) is 13.7. The SMILES string of the molecule is C[Si](C)(C)[Zr]([CH3])(=[SiH2])([c]1cccc2c1Cc1ccccc1-2)[CH]1C=Cc2ccccc21.Cl.Cl. The topological polar surface area (TPSA) is 0 Å². The second-order valence-corrected chi connectivity index (χ2v) is 62.5. The number of hydrogen-bond donors (Lipinski definition) is 0. The molecule has 1 unspecified atom stereocenters. The summed E-state index contributed by atoms with van der Waals surface area (Å²) in [6, 6.07) is 25.4. The van der Waals surface area contributed by atoms with Gasteiger partial charge in [0.25, 0.3) is 0 Å². The van der Waals surface area contributed by atoms with Gasteiger partial charge in [0.15, 0.2) is 0 Å². The van der Waals surface area contributed by atoms with E-state index in [0.29, 0.717) is 3.63 Å². The summed E-state index contributed by atoms with van der Waals surface area (Å²) < 4.78 is 5.19. The van der Waals surface area contributed by atoms with Gasteiger partial charge in [0.05, 0.1) is 0 Å². The second-order valence-electron chi connectivity index (χ2n) is 10.5. The largest absolute Gasteiger partial charge is 0.147 e. The summed E-state index contributed by atoms with van der Waals surface area (Å²) in [6.07, 6.45) is 6.10. The third-order valence-corrected chi connectivity index (χ3v) is 80.6. The number of halogens is 2. The molecule has 5 heteroatoms. The molecule has 0 saturated heterocycles. The van der Waals surface area contributed by atoms with Crippen molar-refractivity contribution >= 4 is 46.2 Å². The van der Waals surface area contributed by atoms with Gasteiger partial charge in [-0.2, -0.15) is 0 Å². The predicted octanol–water partition coefficient (Wildman–Crippen LogP) is 6.62. The third-order valence-electron chi connectivity index (χ3n) is 8.33. The van der Waals surface area contributed by atoms with Crippen molar-refractivity contribution in [1.82, 2.24) is 0 Å². The molecule has 0 heterocycles. The van der Waals surface area contributed by atoms with Gasteiger partial charge in [-0.3, -0.25) is 0 Å². The maximum absolute atomic E-state index is 3.45. The second kappa shape index (κ2) is 8.26. The van der Waals surface area contributed by atoms with Crippen molar-refractivity contribution in [2.75, 3.05) is 0 Å². The van der Waals surface area contributed by atoms with Crippen LogP contribution in [0.4, 0.5) is 0 Å². The minimum absolute atomic E-state index is 0. The van der Waals surface area contributed by atoms with E-state index >= 15 is 0 Å². The Balaban J connectivity index is 0.00000136. The first-order valence-electron chi connectivity index (χ1n) is 10.7. The monoisotopic (exact) mass is 560 g/mol. The van der Waals surface area contributed by atoms with Crippen LogP contribution in [0.15, 0.2) is 72.8 Å². The van der Waals surface area contributed by atoms with Crippen LogP contribution in [0.2, 0.25) is 24.3 Å². The zero-order valence-electron chi connectivity index (χ0n) is 18.8. The Kier molecular flexibility index (Phi) is 6.64. The van der Waals surface area contributed by atoms with Crippen molar-refractivity contribution in [1.29, 1.82) is 0 Å². The number of rotatable bonds is 3. The first kappa shape index (κ1) is 24.9. The molecule has 0 saturated carbocycles. The van der Waals surface area contributed by atoms with Crippen LogP contribution in [0.5, 0.6) is 0 Å². The van der Waals surface area contributed by atoms with Crippen LogP contribution in [-0.4, -0.2) is 12.1 Å². The van der Waals surface area contributed by atoms with Crippen LogP contribution in [-0.2, 0) is 23.0 Å². The minimum Gasteiger partial charge on any atom is -0.147 e. The minimum atomic E-state index is -3.45. The van der Waals surface area contributed by atoms with Crippen molar-refractivity contribution in [3.8, 4) is 11.1 Å². The molecule has 31 heavy (non-hydrogen) atoms. The maximum atomic E-state index is 2.79. The zero-order valence-corrected chi connectivity index (χ0v) is 25.3. The van der Waals surface area contributed by atoms with Gasteiger partial charge >= 0.3 is 178 Å². The molecule has 0 amide bonds. The van der Waals surface area contributed by atoms with Gasteiger partial charge in [0, 0.05) is 0 Å². The van der Waals surface area contributed by atoms with Crippen LogP contribution >= 0.6 is 24.8 Å². The Hall–Kier alpha value is -0.703. The van der Waals surface area contributed by atoms with E-state index in [0.717, 1.165) is 6.42 Å². The Morgan fingerprint density at radius 1 is 0.839 bits per heavy atom. The fraction of sp³-hybridized carbons (Fsp3) is 0.231. The summed E-state index contributed by atoms with van der Waals surface area (Å²) in [5, 5.41) is -1.48.